The highest BCUT2D eigenvalue weighted by atomic mass is 35.5. The van der Waals surface area contributed by atoms with E-state index >= 15 is 0 Å². The summed E-state index contributed by atoms with van der Waals surface area (Å²) in [5, 5.41) is 12.6. The van der Waals surface area contributed by atoms with E-state index in [1.807, 2.05) is 0 Å². The zero-order valence-electron chi connectivity index (χ0n) is 10.7. The smallest absolute Gasteiger partial charge is 0.337 e. The van der Waals surface area contributed by atoms with Crippen molar-refractivity contribution >= 4 is 23.3 Å². The lowest BCUT2D eigenvalue weighted by Crippen LogP contribution is -2.20. The highest BCUT2D eigenvalue weighted by Crippen LogP contribution is 2.48. The topological polar surface area (TPSA) is 49.3 Å². The standard InChI is InChI=1S/C15H18ClNO2/c16-14-7-12(3-4-13(14)15(18)19)17-8-11-6-9-1-2-10(11)5-9/h3-4,7,9-11,17H,1-2,5-6,8H2,(H,18,19). The quantitative estimate of drug-likeness (QED) is 0.879. The minimum absolute atomic E-state index is 0.159. The number of hydrogen-bond donors (Lipinski definition) is 2. The molecule has 0 heterocycles. The van der Waals surface area contributed by atoms with E-state index in [4.69, 9.17) is 16.7 Å². The molecule has 19 heavy (non-hydrogen) atoms. The van der Waals surface area contributed by atoms with Gasteiger partial charge in [0.15, 0.2) is 0 Å². The van der Waals surface area contributed by atoms with E-state index < -0.39 is 5.97 Å². The van der Waals surface area contributed by atoms with Crippen LogP contribution in [0.3, 0.4) is 0 Å². The Hall–Kier alpha value is -1.22. The Bertz CT molecular complexity index is 503. The number of anilines is 1. The summed E-state index contributed by atoms with van der Waals surface area (Å²) in [5.41, 5.74) is 1.07. The fourth-order valence-electron chi connectivity index (χ4n) is 3.67. The number of hydrogen-bond acceptors (Lipinski definition) is 2. The molecular weight excluding hydrogens is 262 g/mol. The van der Waals surface area contributed by atoms with E-state index in [2.05, 4.69) is 5.32 Å². The molecule has 3 nitrogen and oxygen atoms in total. The Labute approximate surface area is 118 Å². The van der Waals surface area contributed by atoms with Gasteiger partial charge in [0.05, 0.1) is 10.6 Å². The Balaban J connectivity index is 1.61. The van der Waals surface area contributed by atoms with Crippen LogP contribution in [0.2, 0.25) is 5.02 Å². The summed E-state index contributed by atoms with van der Waals surface area (Å²) >= 11 is 5.96. The highest BCUT2D eigenvalue weighted by Gasteiger charge is 2.38. The first-order valence-corrected chi connectivity index (χ1v) is 7.28. The molecule has 0 spiro atoms. The van der Waals surface area contributed by atoms with Crippen molar-refractivity contribution in [2.75, 3.05) is 11.9 Å². The number of carboxylic acids is 1. The van der Waals surface area contributed by atoms with Crippen molar-refractivity contribution < 1.29 is 9.90 Å². The average Bonchev–Trinajstić information content (AvgIpc) is 2.98. The number of halogens is 1. The van der Waals surface area contributed by atoms with Crippen molar-refractivity contribution in [3.05, 3.63) is 28.8 Å². The third-order valence-corrected chi connectivity index (χ3v) is 4.97. The predicted octanol–water partition coefficient (Wildman–Crippen LogP) is 3.89. The molecule has 3 rings (SSSR count). The Morgan fingerprint density at radius 1 is 1.37 bits per heavy atom. The van der Waals surface area contributed by atoms with E-state index in [1.165, 1.54) is 25.7 Å². The average molecular weight is 280 g/mol. The minimum atomic E-state index is -0.982. The van der Waals surface area contributed by atoms with Gasteiger partial charge in [-0.3, -0.25) is 0 Å². The van der Waals surface area contributed by atoms with Crippen molar-refractivity contribution in [3.8, 4) is 0 Å². The zero-order valence-corrected chi connectivity index (χ0v) is 11.5. The molecule has 2 aliphatic carbocycles. The Kier molecular flexibility index (Phi) is 3.40. The van der Waals surface area contributed by atoms with Crippen LogP contribution in [-0.2, 0) is 0 Å². The molecule has 3 atom stereocenters. The maximum atomic E-state index is 10.9. The lowest BCUT2D eigenvalue weighted by molar-refractivity contribution is 0.0697. The van der Waals surface area contributed by atoms with Gasteiger partial charge in [0, 0.05) is 12.2 Å². The third-order valence-electron chi connectivity index (χ3n) is 4.65. The summed E-state index contributed by atoms with van der Waals surface area (Å²) in [7, 11) is 0. The molecule has 102 valence electrons. The predicted molar refractivity (Wildman–Crippen MR) is 75.8 cm³/mol. The number of rotatable bonds is 4. The van der Waals surface area contributed by atoms with E-state index in [-0.39, 0.29) is 5.56 Å². The molecule has 0 saturated heterocycles. The van der Waals surface area contributed by atoms with Crippen LogP contribution in [-0.4, -0.2) is 17.6 Å². The maximum Gasteiger partial charge on any atom is 0.337 e. The summed E-state index contributed by atoms with van der Waals surface area (Å²) in [5.74, 6) is 1.64. The number of carboxylic acid groups (broad SMARTS) is 1. The molecule has 1 aromatic rings. The summed E-state index contributed by atoms with van der Waals surface area (Å²) in [4.78, 5) is 10.9. The van der Waals surface area contributed by atoms with E-state index in [0.717, 1.165) is 30.0 Å². The second-order valence-electron chi connectivity index (χ2n) is 5.82. The summed E-state index contributed by atoms with van der Waals surface area (Å²) in [6, 6.07) is 5.06. The van der Waals surface area contributed by atoms with Gasteiger partial charge in [-0.05, 0) is 55.2 Å². The second kappa shape index (κ2) is 5.04. The van der Waals surface area contributed by atoms with Crippen LogP contribution in [0.1, 0.15) is 36.0 Å². The largest absolute Gasteiger partial charge is 0.478 e. The fourth-order valence-corrected chi connectivity index (χ4v) is 3.94. The molecule has 3 unspecified atom stereocenters. The lowest BCUT2D eigenvalue weighted by Gasteiger charge is -2.22. The first kappa shape index (κ1) is 12.8. The van der Waals surface area contributed by atoms with Gasteiger partial charge in [-0.1, -0.05) is 18.0 Å². The molecule has 2 N–H and O–H groups in total. The first-order valence-electron chi connectivity index (χ1n) is 6.90. The summed E-state index contributed by atoms with van der Waals surface area (Å²) in [6.45, 7) is 0.976. The van der Waals surface area contributed by atoms with Crippen LogP contribution in [0.15, 0.2) is 18.2 Å². The molecule has 1 aromatic carbocycles. The monoisotopic (exact) mass is 279 g/mol. The summed E-state index contributed by atoms with van der Waals surface area (Å²) in [6.07, 6.45) is 5.56. The highest BCUT2D eigenvalue weighted by molar-refractivity contribution is 6.33. The van der Waals surface area contributed by atoms with Crippen molar-refractivity contribution in [1.82, 2.24) is 0 Å². The van der Waals surface area contributed by atoms with Gasteiger partial charge in [0.2, 0.25) is 0 Å². The van der Waals surface area contributed by atoms with Gasteiger partial charge in [0.1, 0.15) is 0 Å². The molecule has 0 radical (unpaired) electrons. The van der Waals surface area contributed by atoms with Crippen molar-refractivity contribution in [2.24, 2.45) is 17.8 Å². The van der Waals surface area contributed by atoms with E-state index in [1.54, 1.807) is 18.2 Å². The molecule has 2 bridgehead atoms. The van der Waals surface area contributed by atoms with Gasteiger partial charge >= 0.3 is 5.97 Å². The van der Waals surface area contributed by atoms with Crippen molar-refractivity contribution in [3.63, 3.8) is 0 Å². The van der Waals surface area contributed by atoms with Gasteiger partial charge in [0.25, 0.3) is 0 Å². The molecule has 4 heteroatoms. The normalized spacial score (nSPS) is 28.6. The molecular formula is C15H18ClNO2. The fraction of sp³-hybridized carbons (Fsp3) is 0.533. The molecule has 2 fully saturated rings. The third kappa shape index (κ3) is 2.57. The SMILES string of the molecule is O=C(O)c1ccc(NCC2CC3CCC2C3)cc1Cl. The number of aromatic carboxylic acids is 1. The van der Waals surface area contributed by atoms with Crippen LogP contribution in [0.5, 0.6) is 0 Å². The van der Waals surface area contributed by atoms with E-state index in [9.17, 15) is 4.79 Å². The van der Waals surface area contributed by atoms with Gasteiger partial charge in [-0.15, -0.1) is 0 Å². The summed E-state index contributed by atoms with van der Waals surface area (Å²) < 4.78 is 0. The Morgan fingerprint density at radius 2 is 2.21 bits per heavy atom. The number of fused-ring (bicyclic) bond motifs is 2. The maximum absolute atomic E-state index is 10.9. The zero-order chi connectivity index (χ0) is 13.4. The Morgan fingerprint density at radius 3 is 2.79 bits per heavy atom. The molecule has 0 aliphatic heterocycles. The van der Waals surface area contributed by atoms with Crippen LogP contribution in [0, 0.1) is 17.8 Å². The molecule has 0 amide bonds. The van der Waals surface area contributed by atoms with Crippen LogP contribution in [0.4, 0.5) is 5.69 Å². The molecule has 0 aromatic heterocycles. The molecule has 2 aliphatic rings. The van der Waals surface area contributed by atoms with Crippen LogP contribution < -0.4 is 5.32 Å². The van der Waals surface area contributed by atoms with Gasteiger partial charge in [-0.2, -0.15) is 0 Å². The number of nitrogens with one attached hydrogen (secondary N) is 1. The first-order chi connectivity index (χ1) is 9.13. The lowest BCUT2D eigenvalue weighted by atomic mass is 9.89. The van der Waals surface area contributed by atoms with Gasteiger partial charge in [-0.25, -0.2) is 4.79 Å². The molecule has 2 saturated carbocycles. The van der Waals surface area contributed by atoms with Crippen molar-refractivity contribution in [2.45, 2.75) is 25.7 Å². The van der Waals surface area contributed by atoms with Crippen LogP contribution in [0.25, 0.3) is 0 Å². The second-order valence-corrected chi connectivity index (χ2v) is 6.22. The van der Waals surface area contributed by atoms with Crippen molar-refractivity contribution in [1.29, 1.82) is 0 Å². The minimum Gasteiger partial charge on any atom is -0.478 e. The van der Waals surface area contributed by atoms with Gasteiger partial charge < -0.3 is 10.4 Å². The van der Waals surface area contributed by atoms with E-state index in [0.29, 0.717) is 5.02 Å². The number of carbonyl (C=O) groups is 1. The number of benzene rings is 1. The van der Waals surface area contributed by atoms with Crippen LogP contribution >= 0.6 is 11.6 Å².